The molecule has 2 heterocycles. The molecule has 2 aliphatic rings. The van der Waals surface area contributed by atoms with Crippen LogP contribution in [0.5, 0.6) is 0 Å². The van der Waals surface area contributed by atoms with Gasteiger partial charge in [0.15, 0.2) is 6.61 Å². The lowest BCUT2D eigenvalue weighted by atomic mass is 10.1. The Morgan fingerprint density at radius 3 is 3.00 bits per heavy atom. The second-order valence-electron chi connectivity index (χ2n) is 3.90. The third-order valence-corrected chi connectivity index (χ3v) is 2.53. The molecule has 1 saturated heterocycles. The first-order valence-corrected chi connectivity index (χ1v) is 4.81. The van der Waals surface area contributed by atoms with Crippen molar-refractivity contribution in [2.24, 2.45) is 11.1 Å². The molecular formula is C9H16N2O2. The van der Waals surface area contributed by atoms with Crippen molar-refractivity contribution in [2.45, 2.75) is 19.4 Å². The molecule has 2 unspecified atom stereocenters. The van der Waals surface area contributed by atoms with Gasteiger partial charge in [0.1, 0.15) is 6.10 Å². The highest BCUT2D eigenvalue weighted by Gasteiger charge is 2.29. The number of hydrogen-bond donors (Lipinski definition) is 0. The van der Waals surface area contributed by atoms with Crippen molar-refractivity contribution in [2.75, 3.05) is 26.7 Å². The molecule has 74 valence electrons. The van der Waals surface area contributed by atoms with Crippen molar-refractivity contribution in [3.05, 3.63) is 0 Å². The maximum absolute atomic E-state index is 5.62. The van der Waals surface area contributed by atoms with E-state index < -0.39 is 0 Å². The smallest absolute Gasteiger partial charge is 0.230 e. The zero-order valence-corrected chi connectivity index (χ0v) is 8.19. The lowest BCUT2D eigenvalue weighted by Gasteiger charge is -2.22. The number of nitrogens with zero attached hydrogens (tertiary/aromatic N) is 2. The molecule has 0 saturated carbocycles. The van der Waals surface area contributed by atoms with E-state index >= 15 is 0 Å². The summed E-state index contributed by atoms with van der Waals surface area (Å²) in [6.45, 7) is 4.75. The predicted octanol–water partition coefficient (Wildman–Crippen LogP) is 0.687. The highest BCUT2D eigenvalue weighted by atomic mass is 16.7. The fourth-order valence-corrected chi connectivity index (χ4v) is 1.77. The van der Waals surface area contributed by atoms with Gasteiger partial charge >= 0.3 is 0 Å². The van der Waals surface area contributed by atoms with E-state index in [-0.39, 0.29) is 6.10 Å². The van der Waals surface area contributed by atoms with Crippen LogP contribution >= 0.6 is 0 Å². The normalized spacial score (nSPS) is 35.1. The van der Waals surface area contributed by atoms with E-state index in [1.165, 1.54) is 0 Å². The molecule has 0 aromatic carbocycles. The molecule has 13 heavy (non-hydrogen) atoms. The quantitative estimate of drug-likeness (QED) is 0.601. The van der Waals surface area contributed by atoms with E-state index in [1.54, 1.807) is 0 Å². The highest BCUT2D eigenvalue weighted by molar-refractivity contribution is 5.79. The Kier molecular flexibility index (Phi) is 2.40. The first-order chi connectivity index (χ1) is 6.25. The van der Waals surface area contributed by atoms with Gasteiger partial charge in [-0.1, -0.05) is 5.16 Å². The van der Waals surface area contributed by atoms with Crippen LogP contribution in [0, 0.1) is 5.92 Å². The minimum Gasteiger partial charge on any atom is -0.472 e. The minimum absolute atomic E-state index is 0.151. The summed E-state index contributed by atoms with van der Waals surface area (Å²) in [6, 6.07) is 0. The van der Waals surface area contributed by atoms with Crippen molar-refractivity contribution in [1.29, 1.82) is 0 Å². The highest BCUT2D eigenvalue weighted by Crippen LogP contribution is 2.19. The maximum atomic E-state index is 5.62. The Bertz CT molecular complexity index is 218. The van der Waals surface area contributed by atoms with Crippen LogP contribution in [-0.2, 0) is 9.57 Å². The summed E-state index contributed by atoms with van der Waals surface area (Å²) >= 11 is 0. The Hall–Kier alpha value is -0.770. The lowest BCUT2D eigenvalue weighted by Crippen LogP contribution is -2.31. The Labute approximate surface area is 78.5 Å². The molecule has 0 amide bonds. The molecular weight excluding hydrogens is 168 g/mol. The van der Waals surface area contributed by atoms with Crippen LogP contribution in [0.4, 0.5) is 0 Å². The first-order valence-electron chi connectivity index (χ1n) is 4.81. The summed E-state index contributed by atoms with van der Waals surface area (Å²) in [5.74, 6) is 1.23. The van der Waals surface area contributed by atoms with Gasteiger partial charge in [-0.15, -0.1) is 0 Å². The van der Waals surface area contributed by atoms with E-state index in [4.69, 9.17) is 9.57 Å². The summed E-state index contributed by atoms with van der Waals surface area (Å²) in [7, 11) is 2.12. The third kappa shape index (κ3) is 1.94. The molecule has 0 radical (unpaired) electrons. The number of hydrogen-bond acceptors (Lipinski definition) is 4. The third-order valence-electron chi connectivity index (χ3n) is 2.53. The van der Waals surface area contributed by atoms with E-state index in [0.29, 0.717) is 12.5 Å². The lowest BCUT2D eigenvalue weighted by molar-refractivity contribution is 0.0119. The van der Waals surface area contributed by atoms with E-state index in [2.05, 4.69) is 17.1 Å². The molecule has 0 aromatic rings. The summed E-state index contributed by atoms with van der Waals surface area (Å²) in [5.41, 5.74) is 0. The molecule has 2 rings (SSSR count). The zero-order valence-electron chi connectivity index (χ0n) is 8.19. The predicted molar refractivity (Wildman–Crippen MR) is 49.5 cm³/mol. The molecule has 0 spiro atoms. The maximum Gasteiger partial charge on any atom is 0.230 e. The summed E-state index contributed by atoms with van der Waals surface area (Å²) in [5, 5.41) is 3.96. The average molecular weight is 184 g/mol. The molecule has 0 bridgehead atoms. The van der Waals surface area contributed by atoms with E-state index in [0.717, 1.165) is 25.4 Å². The Morgan fingerprint density at radius 2 is 2.38 bits per heavy atom. The van der Waals surface area contributed by atoms with Crippen molar-refractivity contribution < 1.29 is 9.57 Å². The van der Waals surface area contributed by atoms with Crippen molar-refractivity contribution >= 4 is 5.90 Å². The average Bonchev–Trinajstić information content (AvgIpc) is 2.52. The monoisotopic (exact) mass is 184 g/mol. The standard InChI is InChI=1S/C9H16N2O2/c1-7-6-12-10-9(13-7)8-3-4-11(2)5-8/h7-8H,3-6H2,1-2H3. The van der Waals surface area contributed by atoms with Gasteiger partial charge in [-0.3, -0.25) is 0 Å². The number of oxime groups is 1. The summed E-state index contributed by atoms with van der Waals surface area (Å²) < 4.78 is 5.62. The molecule has 0 aliphatic carbocycles. The molecule has 0 aromatic heterocycles. The second-order valence-corrected chi connectivity index (χ2v) is 3.90. The van der Waals surface area contributed by atoms with Crippen LogP contribution in [0.1, 0.15) is 13.3 Å². The van der Waals surface area contributed by atoms with Crippen LogP contribution in [0.2, 0.25) is 0 Å². The number of rotatable bonds is 1. The fourth-order valence-electron chi connectivity index (χ4n) is 1.77. The molecule has 2 atom stereocenters. The van der Waals surface area contributed by atoms with Crippen LogP contribution in [0.3, 0.4) is 0 Å². The van der Waals surface area contributed by atoms with Gasteiger partial charge in [0.2, 0.25) is 5.90 Å². The number of likely N-dealkylation sites (tertiary alicyclic amines) is 1. The van der Waals surface area contributed by atoms with Gasteiger partial charge in [0.05, 0.1) is 5.92 Å². The van der Waals surface area contributed by atoms with Crippen LogP contribution in [-0.4, -0.2) is 43.6 Å². The Balaban J connectivity index is 1.96. The van der Waals surface area contributed by atoms with E-state index in [9.17, 15) is 0 Å². The SMILES string of the molecule is CC1CON=C(C2CCN(C)C2)O1. The van der Waals surface area contributed by atoms with E-state index in [1.807, 2.05) is 6.92 Å². The molecule has 4 nitrogen and oxygen atoms in total. The molecule has 1 fully saturated rings. The van der Waals surface area contributed by atoms with Crippen LogP contribution in [0.25, 0.3) is 0 Å². The second kappa shape index (κ2) is 3.54. The van der Waals surface area contributed by atoms with Gasteiger partial charge in [-0.25, -0.2) is 0 Å². The van der Waals surface area contributed by atoms with Gasteiger partial charge < -0.3 is 14.5 Å². The van der Waals surface area contributed by atoms with Crippen molar-refractivity contribution in [3.63, 3.8) is 0 Å². The number of ether oxygens (including phenoxy) is 1. The first kappa shape index (κ1) is 8.81. The topological polar surface area (TPSA) is 34.1 Å². The van der Waals surface area contributed by atoms with Gasteiger partial charge in [0, 0.05) is 6.54 Å². The molecule has 0 N–H and O–H groups in total. The van der Waals surface area contributed by atoms with Crippen molar-refractivity contribution in [1.82, 2.24) is 4.90 Å². The Morgan fingerprint density at radius 1 is 1.54 bits per heavy atom. The van der Waals surface area contributed by atoms with Crippen LogP contribution < -0.4 is 0 Å². The summed E-state index contributed by atoms with van der Waals surface area (Å²) in [6.07, 6.45) is 1.28. The summed E-state index contributed by atoms with van der Waals surface area (Å²) in [4.78, 5) is 7.37. The fraction of sp³-hybridized carbons (Fsp3) is 0.889. The van der Waals surface area contributed by atoms with Crippen molar-refractivity contribution in [3.8, 4) is 0 Å². The minimum atomic E-state index is 0.151. The largest absolute Gasteiger partial charge is 0.472 e. The molecule has 4 heteroatoms. The van der Waals surface area contributed by atoms with Gasteiger partial charge in [0.25, 0.3) is 0 Å². The molecule has 2 aliphatic heterocycles. The van der Waals surface area contributed by atoms with Crippen LogP contribution in [0.15, 0.2) is 5.16 Å². The van der Waals surface area contributed by atoms with Gasteiger partial charge in [-0.2, -0.15) is 0 Å². The zero-order chi connectivity index (χ0) is 9.26. The van der Waals surface area contributed by atoms with Gasteiger partial charge in [-0.05, 0) is 26.9 Å².